The Morgan fingerprint density at radius 1 is 1.00 bits per heavy atom. The number of hydrogen-bond donors (Lipinski definition) is 1. The van der Waals surface area contributed by atoms with Crippen molar-refractivity contribution in [2.45, 2.75) is 12.8 Å². The average molecular weight is 416 g/mol. The number of ether oxygens (including phenoxy) is 2. The quantitative estimate of drug-likeness (QED) is 0.635. The molecule has 0 spiro atoms. The SMILES string of the molecule is COCC(=O)N1CCCc2ccc(NC(=O)c3ccccc3Oc3ccccc3)cc21. The Morgan fingerprint density at radius 2 is 1.77 bits per heavy atom. The zero-order chi connectivity index (χ0) is 21.6. The summed E-state index contributed by atoms with van der Waals surface area (Å²) in [4.78, 5) is 27.2. The lowest BCUT2D eigenvalue weighted by Crippen LogP contribution is -2.37. The molecule has 1 aliphatic heterocycles. The van der Waals surface area contributed by atoms with E-state index in [0.29, 0.717) is 29.3 Å². The number of nitrogens with zero attached hydrogens (tertiary/aromatic N) is 1. The van der Waals surface area contributed by atoms with E-state index in [-0.39, 0.29) is 18.4 Å². The highest BCUT2D eigenvalue weighted by Crippen LogP contribution is 2.31. The van der Waals surface area contributed by atoms with Gasteiger partial charge in [0.05, 0.1) is 5.56 Å². The first-order chi connectivity index (χ1) is 15.2. The molecular weight excluding hydrogens is 392 g/mol. The second-order valence-corrected chi connectivity index (χ2v) is 7.29. The van der Waals surface area contributed by atoms with Gasteiger partial charge in [-0.05, 0) is 54.8 Å². The van der Waals surface area contributed by atoms with Gasteiger partial charge in [-0.15, -0.1) is 0 Å². The molecule has 0 aliphatic carbocycles. The van der Waals surface area contributed by atoms with Gasteiger partial charge in [0.25, 0.3) is 11.8 Å². The monoisotopic (exact) mass is 416 g/mol. The van der Waals surface area contributed by atoms with E-state index >= 15 is 0 Å². The molecule has 0 unspecified atom stereocenters. The Morgan fingerprint density at radius 3 is 2.58 bits per heavy atom. The van der Waals surface area contributed by atoms with Gasteiger partial charge in [0.1, 0.15) is 18.1 Å². The van der Waals surface area contributed by atoms with Crippen LogP contribution in [0.1, 0.15) is 22.3 Å². The number of para-hydroxylation sites is 2. The molecule has 158 valence electrons. The van der Waals surface area contributed by atoms with Crippen molar-refractivity contribution in [2.75, 3.05) is 30.5 Å². The molecule has 0 radical (unpaired) electrons. The van der Waals surface area contributed by atoms with Gasteiger partial charge in [0, 0.05) is 25.0 Å². The van der Waals surface area contributed by atoms with E-state index in [0.717, 1.165) is 24.1 Å². The Kier molecular flexibility index (Phi) is 6.29. The van der Waals surface area contributed by atoms with Crippen LogP contribution in [-0.4, -0.2) is 32.1 Å². The third-order valence-electron chi connectivity index (χ3n) is 5.13. The minimum absolute atomic E-state index is 0.0280. The van der Waals surface area contributed by atoms with Crippen molar-refractivity contribution in [3.63, 3.8) is 0 Å². The van der Waals surface area contributed by atoms with Crippen LogP contribution in [0.3, 0.4) is 0 Å². The van der Waals surface area contributed by atoms with E-state index in [9.17, 15) is 9.59 Å². The molecule has 4 rings (SSSR count). The minimum Gasteiger partial charge on any atom is -0.457 e. The predicted octanol–water partition coefficient (Wildman–Crippen LogP) is 4.66. The molecule has 0 atom stereocenters. The molecule has 3 aromatic rings. The number of hydrogen-bond acceptors (Lipinski definition) is 4. The normalized spacial score (nSPS) is 12.7. The van der Waals surface area contributed by atoms with Crippen molar-refractivity contribution in [3.8, 4) is 11.5 Å². The summed E-state index contributed by atoms with van der Waals surface area (Å²) in [5.74, 6) is 0.760. The van der Waals surface area contributed by atoms with Gasteiger partial charge in [-0.25, -0.2) is 0 Å². The van der Waals surface area contributed by atoms with Crippen molar-refractivity contribution < 1.29 is 19.1 Å². The van der Waals surface area contributed by atoms with Crippen LogP contribution in [0.25, 0.3) is 0 Å². The van der Waals surface area contributed by atoms with Gasteiger partial charge in [-0.1, -0.05) is 36.4 Å². The predicted molar refractivity (Wildman–Crippen MR) is 120 cm³/mol. The summed E-state index contributed by atoms with van der Waals surface area (Å²) in [5.41, 5.74) is 2.95. The number of methoxy groups -OCH3 is 1. The number of fused-ring (bicyclic) bond motifs is 1. The highest BCUT2D eigenvalue weighted by molar-refractivity contribution is 6.07. The molecule has 0 aromatic heterocycles. The van der Waals surface area contributed by atoms with Crippen LogP contribution in [0.15, 0.2) is 72.8 Å². The summed E-state index contributed by atoms with van der Waals surface area (Å²) >= 11 is 0. The first-order valence-electron chi connectivity index (χ1n) is 10.2. The van der Waals surface area contributed by atoms with Crippen molar-refractivity contribution in [1.29, 1.82) is 0 Å². The Hall–Kier alpha value is -3.64. The summed E-state index contributed by atoms with van der Waals surface area (Å²) in [6, 6.07) is 22.1. The maximum Gasteiger partial charge on any atom is 0.259 e. The maximum absolute atomic E-state index is 13.0. The molecular formula is C25H24N2O4. The van der Waals surface area contributed by atoms with Gasteiger partial charge in [0.15, 0.2) is 0 Å². The Bertz CT molecular complexity index is 1080. The molecule has 6 heteroatoms. The molecule has 1 heterocycles. The number of aryl methyl sites for hydroxylation is 1. The molecule has 1 N–H and O–H groups in total. The third kappa shape index (κ3) is 4.75. The molecule has 2 amide bonds. The van der Waals surface area contributed by atoms with Crippen LogP contribution >= 0.6 is 0 Å². The zero-order valence-electron chi connectivity index (χ0n) is 17.3. The van der Waals surface area contributed by atoms with E-state index in [1.807, 2.05) is 54.6 Å². The summed E-state index contributed by atoms with van der Waals surface area (Å²) in [6.07, 6.45) is 1.80. The molecule has 3 aromatic carbocycles. The van der Waals surface area contributed by atoms with E-state index in [4.69, 9.17) is 9.47 Å². The van der Waals surface area contributed by atoms with Crippen LogP contribution in [0.4, 0.5) is 11.4 Å². The fraction of sp³-hybridized carbons (Fsp3) is 0.200. The van der Waals surface area contributed by atoms with Crippen LogP contribution in [0.5, 0.6) is 11.5 Å². The van der Waals surface area contributed by atoms with Crippen molar-refractivity contribution in [1.82, 2.24) is 0 Å². The largest absolute Gasteiger partial charge is 0.457 e. The van der Waals surface area contributed by atoms with Gasteiger partial charge < -0.3 is 19.7 Å². The molecule has 0 saturated heterocycles. The number of rotatable bonds is 6. The molecule has 0 fully saturated rings. The molecule has 0 bridgehead atoms. The van der Waals surface area contributed by atoms with Crippen LogP contribution < -0.4 is 15.0 Å². The Balaban J connectivity index is 1.56. The Labute approximate surface area is 181 Å². The molecule has 6 nitrogen and oxygen atoms in total. The second-order valence-electron chi connectivity index (χ2n) is 7.29. The standard InChI is InChI=1S/C25H24N2O4/c1-30-17-24(28)27-15-7-8-18-13-14-19(16-22(18)27)26-25(29)21-11-5-6-12-23(21)31-20-9-3-2-4-10-20/h2-6,9-14,16H,7-8,15,17H2,1H3,(H,26,29). The van der Waals surface area contributed by atoms with Crippen molar-refractivity contribution in [2.24, 2.45) is 0 Å². The average Bonchev–Trinajstić information content (AvgIpc) is 2.80. The van der Waals surface area contributed by atoms with Gasteiger partial charge in [0.2, 0.25) is 0 Å². The number of carbonyl (C=O) groups excluding carboxylic acids is 2. The summed E-state index contributed by atoms with van der Waals surface area (Å²) in [5, 5.41) is 2.94. The minimum atomic E-state index is -0.281. The topological polar surface area (TPSA) is 67.9 Å². The van der Waals surface area contributed by atoms with Gasteiger partial charge in [-0.3, -0.25) is 9.59 Å². The van der Waals surface area contributed by atoms with Crippen LogP contribution in [0.2, 0.25) is 0 Å². The smallest absolute Gasteiger partial charge is 0.259 e. The first-order valence-corrected chi connectivity index (χ1v) is 10.2. The van der Waals surface area contributed by atoms with Crippen LogP contribution in [0, 0.1) is 0 Å². The van der Waals surface area contributed by atoms with Crippen molar-refractivity contribution in [3.05, 3.63) is 83.9 Å². The lowest BCUT2D eigenvalue weighted by molar-refractivity contribution is -0.122. The lowest BCUT2D eigenvalue weighted by atomic mass is 10.0. The number of carbonyl (C=O) groups is 2. The lowest BCUT2D eigenvalue weighted by Gasteiger charge is -2.30. The maximum atomic E-state index is 13.0. The van der Waals surface area contributed by atoms with Gasteiger partial charge in [-0.2, -0.15) is 0 Å². The zero-order valence-corrected chi connectivity index (χ0v) is 17.3. The van der Waals surface area contributed by atoms with Crippen LogP contribution in [-0.2, 0) is 16.0 Å². The highest BCUT2D eigenvalue weighted by Gasteiger charge is 2.23. The number of nitrogens with one attached hydrogen (secondary N) is 1. The van der Waals surface area contributed by atoms with E-state index in [1.165, 1.54) is 7.11 Å². The summed E-state index contributed by atoms with van der Waals surface area (Å²) in [6.45, 7) is 0.667. The number of anilines is 2. The van der Waals surface area contributed by atoms with E-state index in [1.54, 1.807) is 23.1 Å². The number of benzene rings is 3. The molecule has 31 heavy (non-hydrogen) atoms. The fourth-order valence-corrected chi connectivity index (χ4v) is 3.67. The first kappa shape index (κ1) is 20.6. The van der Waals surface area contributed by atoms with E-state index in [2.05, 4.69) is 5.32 Å². The molecule has 0 saturated carbocycles. The second kappa shape index (κ2) is 9.45. The van der Waals surface area contributed by atoms with Gasteiger partial charge >= 0.3 is 0 Å². The third-order valence-corrected chi connectivity index (χ3v) is 5.13. The highest BCUT2D eigenvalue weighted by atomic mass is 16.5. The van der Waals surface area contributed by atoms with E-state index < -0.39 is 0 Å². The fourth-order valence-electron chi connectivity index (χ4n) is 3.67. The number of amides is 2. The summed E-state index contributed by atoms with van der Waals surface area (Å²) < 4.78 is 10.9. The summed E-state index contributed by atoms with van der Waals surface area (Å²) in [7, 11) is 1.51. The molecule has 1 aliphatic rings. The van der Waals surface area contributed by atoms with Crippen molar-refractivity contribution >= 4 is 23.2 Å².